The molecule has 1 N–H and O–H groups in total. The average molecular weight is 286 g/mol. The summed E-state index contributed by atoms with van der Waals surface area (Å²) in [7, 11) is 0. The SMILES string of the molecule is CCOC(=O)c1c(C)nsc1NCC1(SC)CC1. The van der Waals surface area contributed by atoms with E-state index < -0.39 is 0 Å². The van der Waals surface area contributed by atoms with Crippen LogP contribution in [-0.2, 0) is 4.74 Å². The fourth-order valence-corrected chi connectivity index (χ4v) is 3.27. The minimum Gasteiger partial charge on any atom is -0.462 e. The zero-order valence-corrected chi connectivity index (χ0v) is 12.5. The molecule has 4 nitrogen and oxygen atoms in total. The van der Waals surface area contributed by atoms with Crippen molar-refractivity contribution in [1.82, 2.24) is 4.37 Å². The Morgan fingerprint density at radius 3 is 2.89 bits per heavy atom. The Labute approximate surface area is 116 Å². The van der Waals surface area contributed by atoms with Gasteiger partial charge in [0.05, 0.1) is 12.3 Å². The van der Waals surface area contributed by atoms with Crippen molar-refractivity contribution in [3.05, 3.63) is 11.3 Å². The Hall–Kier alpha value is -0.750. The number of nitrogens with one attached hydrogen (secondary N) is 1. The van der Waals surface area contributed by atoms with Crippen LogP contribution in [0.1, 0.15) is 35.8 Å². The first-order valence-corrected chi connectivity index (χ1v) is 8.04. The van der Waals surface area contributed by atoms with Gasteiger partial charge in [0.15, 0.2) is 0 Å². The third-order valence-electron chi connectivity index (χ3n) is 3.15. The lowest BCUT2D eigenvalue weighted by Gasteiger charge is -2.13. The first-order chi connectivity index (χ1) is 8.62. The van der Waals surface area contributed by atoms with Crippen molar-refractivity contribution in [2.24, 2.45) is 0 Å². The summed E-state index contributed by atoms with van der Waals surface area (Å²) in [4.78, 5) is 11.9. The minimum atomic E-state index is -0.278. The number of ether oxygens (including phenoxy) is 1. The number of rotatable bonds is 6. The molecule has 1 fully saturated rings. The highest BCUT2D eigenvalue weighted by molar-refractivity contribution is 8.00. The molecule has 0 bridgehead atoms. The number of aromatic nitrogens is 1. The lowest BCUT2D eigenvalue weighted by molar-refractivity contribution is 0.0527. The summed E-state index contributed by atoms with van der Waals surface area (Å²) < 4.78 is 9.67. The van der Waals surface area contributed by atoms with Crippen LogP contribution in [0.3, 0.4) is 0 Å². The number of carbonyl (C=O) groups excluding carboxylic acids is 1. The lowest BCUT2D eigenvalue weighted by Crippen LogP contribution is -2.18. The maximum Gasteiger partial charge on any atom is 0.343 e. The Morgan fingerprint density at radius 1 is 1.61 bits per heavy atom. The molecule has 0 unspecified atom stereocenters. The Morgan fingerprint density at radius 2 is 2.33 bits per heavy atom. The van der Waals surface area contributed by atoms with Gasteiger partial charge in [0.25, 0.3) is 0 Å². The maximum atomic E-state index is 11.9. The van der Waals surface area contributed by atoms with E-state index in [1.807, 2.05) is 25.6 Å². The highest BCUT2D eigenvalue weighted by atomic mass is 32.2. The van der Waals surface area contributed by atoms with Crippen LogP contribution in [0.5, 0.6) is 0 Å². The molecule has 0 radical (unpaired) electrons. The van der Waals surface area contributed by atoms with Gasteiger partial charge in [0, 0.05) is 11.3 Å². The number of thioether (sulfide) groups is 1. The molecule has 1 aromatic rings. The molecule has 1 aromatic heterocycles. The van der Waals surface area contributed by atoms with Gasteiger partial charge in [0.1, 0.15) is 10.6 Å². The molecule has 0 aromatic carbocycles. The van der Waals surface area contributed by atoms with Gasteiger partial charge in [-0.05, 0) is 44.5 Å². The maximum absolute atomic E-state index is 11.9. The number of esters is 1. The highest BCUT2D eigenvalue weighted by Gasteiger charge is 2.41. The van der Waals surface area contributed by atoms with Crippen LogP contribution in [0.25, 0.3) is 0 Å². The third kappa shape index (κ3) is 2.80. The molecule has 0 aliphatic heterocycles. The van der Waals surface area contributed by atoms with Gasteiger partial charge in [-0.1, -0.05) is 0 Å². The van der Waals surface area contributed by atoms with Crippen LogP contribution in [-0.4, -0.2) is 34.5 Å². The van der Waals surface area contributed by atoms with Crippen LogP contribution in [0, 0.1) is 6.92 Å². The summed E-state index contributed by atoms with van der Waals surface area (Å²) in [5.41, 5.74) is 1.34. The summed E-state index contributed by atoms with van der Waals surface area (Å²) in [6.07, 6.45) is 4.63. The second-order valence-corrected chi connectivity index (χ2v) is 6.48. The van der Waals surface area contributed by atoms with Crippen molar-refractivity contribution in [1.29, 1.82) is 0 Å². The van der Waals surface area contributed by atoms with Crippen LogP contribution < -0.4 is 5.32 Å². The highest BCUT2D eigenvalue weighted by Crippen LogP contribution is 2.47. The fraction of sp³-hybridized carbons (Fsp3) is 0.667. The molecular formula is C12H18N2O2S2. The molecule has 2 rings (SSSR count). The molecule has 18 heavy (non-hydrogen) atoms. The first-order valence-electron chi connectivity index (χ1n) is 6.04. The number of hydrogen-bond acceptors (Lipinski definition) is 6. The van der Waals surface area contributed by atoms with E-state index in [1.54, 1.807) is 0 Å². The third-order valence-corrected chi connectivity index (χ3v) is 5.47. The van der Waals surface area contributed by atoms with E-state index >= 15 is 0 Å². The molecule has 6 heteroatoms. The molecule has 0 atom stereocenters. The van der Waals surface area contributed by atoms with Crippen LogP contribution in [0.15, 0.2) is 0 Å². The van der Waals surface area contributed by atoms with Gasteiger partial charge in [-0.2, -0.15) is 16.1 Å². The predicted molar refractivity (Wildman–Crippen MR) is 76.8 cm³/mol. The zero-order valence-electron chi connectivity index (χ0n) is 10.9. The normalized spacial score (nSPS) is 16.4. The second kappa shape index (κ2) is 5.48. The zero-order chi connectivity index (χ0) is 13.2. The molecule has 1 aliphatic carbocycles. The summed E-state index contributed by atoms with van der Waals surface area (Å²) in [6.45, 7) is 4.94. The average Bonchev–Trinajstić information content (AvgIpc) is 3.05. The number of aryl methyl sites for hydroxylation is 1. The summed E-state index contributed by atoms with van der Waals surface area (Å²) in [5.74, 6) is -0.278. The van der Waals surface area contributed by atoms with Gasteiger partial charge in [-0.25, -0.2) is 4.79 Å². The quantitative estimate of drug-likeness (QED) is 0.815. The first kappa shape index (κ1) is 13.7. The van der Waals surface area contributed by atoms with Crippen LogP contribution >= 0.6 is 23.3 Å². The molecule has 1 aliphatic rings. The van der Waals surface area contributed by atoms with Gasteiger partial charge >= 0.3 is 5.97 Å². The second-order valence-electron chi connectivity index (χ2n) is 4.43. The van der Waals surface area contributed by atoms with Crippen molar-refractivity contribution in [3.8, 4) is 0 Å². The smallest absolute Gasteiger partial charge is 0.343 e. The Balaban J connectivity index is 2.06. The standard InChI is InChI=1S/C12H18N2O2S2/c1-4-16-11(15)9-8(2)14-18-10(9)13-7-12(17-3)5-6-12/h13H,4-7H2,1-3H3. The number of carbonyl (C=O) groups is 1. The van der Waals surface area contributed by atoms with Gasteiger partial charge in [-0.15, -0.1) is 0 Å². The summed E-state index contributed by atoms with van der Waals surface area (Å²) in [5, 5.41) is 4.20. The number of anilines is 1. The van der Waals surface area contributed by atoms with Gasteiger partial charge < -0.3 is 10.1 Å². The topological polar surface area (TPSA) is 51.2 Å². The predicted octanol–water partition coefficient (Wildman–Crippen LogP) is 2.94. The van der Waals surface area contributed by atoms with Crippen molar-refractivity contribution >= 4 is 34.3 Å². The molecule has 1 heterocycles. The van der Waals surface area contributed by atoms with Crippen molar-refractivity contribution in [3.63, 3.8) is 0 Å². The Kier molecular flexibility index (Phi) is 4.17. The molecule has 0 spiro atoms. The molecule has 1 saturated carbocycles. The van der Waals surface area contributed by atoms with E-state index in [1.165, 1.54) is 24.4 Å². The van der Waals surface area contributed by atoms with E-state index in [0.29, 0.717) is 16.9 Å². The largest absolute Gasteiger partial charge is 0.462 e. The van der Waals surface area contributed by atoms with Gasteiger partial charge in [-0.3, -0.25) is 0 Å². The lowest BCUT2D eigenvalue weighted by atomic mass is 10.2. The van der Waals surface area contributed by atoms with E-state index in [2.05, 4.69) is 15.9 Å². The molecular weight excluding hydrogens is 268 g/mol. The van der Waals surface area contributed by atoms with E-state index in [-0.39, 0.29) is 5.97 Å². The Bertz CT molecular complexity index is 441. The summed E-state index contributed by atoms with van der Waals surface area (Å²) >= 11 is 3.23. The number of nitrogens with zero attached hydrogens (tertiary/aromatic N) is 1. The molecule has 100 valence electrons. The monoisotopic (exact) mass is 286 g/mol. The molecule has 0 saturated heterocycles. The number of hydrogen-bond donors (Lipinski definition) is 1. The van der Waals surface area contributed by atoms with Crippen molar-refractivity contribution < 1.29 is 9.53 Å². The van der Waals surface area contributed by atoms with Crippen LogP contribution in [0.2, 0.25) is 0 Å². The van der Waals surface area contributed by atoms with Crippen molar-refractivity contribution in [2.45, 2.75) is 31.4 Å². The molecule has 0 amide bonds. The van der Waals surface area contributed by atoms with E-state index in [0.717, 1.165) is 17.2 Å². The van der Waals surface area contributed by atoms with E-state index in [4.69, 9.17) is 4.74 Å². The van der Waals surface area contributed by atoms with Gasteiger partial charge in [0.2, 0.25) is 0 Å². The minimum absolute atomic E-state index is 0.278. The van der Waals surface area contributed by atoms with Crippen LogP contribution in [0.4, 0.5) is 5.00 Å². The van der Waals surface area contributed by atoms with E-state index in [9.17, 15) is 4.79 Å². The summed E-state index contributed by atoms with van der Waals surface area (Å²) in [6, 6.07) is 0. The van der Waals surface area contributed by atoms with Crippen molar-refractivity contribution in [2.75, 3.05) is 24.7 Å². The fourth-order valence-electron chi connectivity index (χ4n) is 1.77.